The highest BCUT2D eigenvalue weighted by molar-refractivity contribution is 5.79. The van der Waals surface area contributed by atoms with E-state index in [2.05, 4.69) is 5.32 Å². The Labute approximate surface area is 149 Å². The van der Waals surface area contributed by atoms with Crippen LogP contribution in [0.1, 0.15) is 51.4 Å². The van der Waals surface area contributed by atoms with Crippen LogP contribution in [0, 0.1) is 5.92 Å². The van der Waals surface area contributed by atoms with Gasteiger partial charge in [0.15, 0.2) is 0 Å². The maximum atomic E-state index is 12.3. The van der Waals surface area contributed by atoms with Crippen molar-refractivity contribution >= 4 is 17.9 Å². The molecule has 140 valence electrons. The lowest BCUT2D eigenvalue weighted by Gasteiger charge is -2.33. The van der Waals surface area contributed by atoms with Crippen LogP contribution in [0.15, 0.2) is 0 Å². The average Bonchev–Trinajstić information content (AvgIpc) is 3.06. The molecule has 0 bridgehead atoms. The molecule has 3 amide bonds. The zero-order valence-electron chi connectivity index (χ0n) is 14.9. The fraction of sp³-hybridized carbons (Fsp3) is 0.833. The van der Waals surface area contributed by atoms with E-state index < -0.39 is 0 Å². The van der Waals surface area contributed by atoms with Crippen molar-refractivity contribution in [3.8, 4) is 0 Å². The fourth-order valence-electron chi connectivity index (χ4n) is 3.97. The summed E-state index contributed by atoms with van der Waals surface area (Å²) in [6, 6.07) is 0.187. The molecule has 3 rings (SSSR count). The van der Waals surface area contributed by atoms with Gasteiger partial charge in [-0.3, -0.25) is 9.59 Å². The Balaban J connectivity index is 1.35. The van der Waals surface area contributed by atoms with Gasteiger partial charge in [-0.2, -0.15) is 0 Å². The largest absolute Gasteiger partial charge is 0.448 e. The molecule has 1 saturated carbocycles. The van der Waals surface area contributed by atoms with E-state index in [1.165, 1.54) is 6.42 Å². The number of nitrogens with zero attached hydrogens (tertiary/aromatic N) is 2. The highest BCUT2D eigenvalue weighted by Crippen LogP contribution is 2.24. The highest BCUT2D eigenvalue weighted by atomic mass is 16.6. The Morgan fingerprint density at radius 3 is 2.40 bits per heavy atom. The molecule has 0 unspecified atom stereocenters. The Bertz CT molecular complexity index is 497. The number of ether oxygens (including phenoxy) is 1. The number of rotatable bonds is 5. The quantitative estimate of drug-likeness (QED) is 0.814. The summed E-state index contributed by atoms with van der Waals surface area (Å²) in [6.07, 6.45) is 7.26. The molecule has 7 nitrogen and oxygen atoms in total. The molecule has 0 spiro atoms. The molecule has 1 N–H and O–H groups in total. The topological polar surface area (TPSA) is 79.0 Å². The van der Waals surface area contributed by atoms with Crippen LogP contribution in [0.5, 0.6) is 0 Å². The molecule has 3 fully saturated rings. The van der Waals surface area contributed by atoms with E-state index in [4.69, 9.17) is 4.74 Å². The van der Waals surface area contributed by atoms with Gasteiger partial charge in [0.25, 0.3) is 0 Å². The van der Waals surface area contributed by atoms with Crippen LogP contribution in [-0.4, -0.2) is 66.5 Å². The molecule has 2 aliphatic heterocycles. The normalized spacial score (nSPS) is 22.8. The van der Waals surface area contributed by atoms with Gasteiger partial charge in [-0.25, -0.2) is 4.79 Å². The van der Waals surface area contributed by atoms with Crippen molar-refractivity contribution < 1.29 is 19.1 Å². The number of amides is 3. The van der Waals surface area contributed by atoms with Crippen LogP contribution < -0.4 is 5.32 Å². The highest BCUT2D eigenvalue weighted by Gasteiger charge is 2.28. The SMILES string of the molecule is O=C(NC1CCN(C(=O)CCN2CCOC2=O)CC1)C1CCCCC1. The van der Waals surface area contributed by atoms with Gasteiger partial charge in [-0.1, -0.05) is 19.3 Å². The molecule has 1 aliphatic carbocycles. The second kappa shape index (κ2) is 8.54. The van der Waals surface area contributed by atoms with Gasteiger partial charge in [-0.05, 0) is 25.7 Å². The first-order valence-electron chi connectivity index (χ1n) is 9.63. The number of piperidine rings is 1. The van der Waals surface area contributed by atoms with Gasteiger partial charge < -0.3 is 19.9 Å². The molecule has 0 radical (unpaired) electrons. The second-order valence-corrected chi connectivity index (χ2v) is 7.35. The van der Waals surface area contributed by atoms with Crippen molar-refractivity contribution in [3.63, 3.8) is 0 Å². The number of hydrogen-bond donors (Lipinski definition) is 1. The predicted octanol–water partition coefficient (Wildman–Crippen LogP) is 1.52. The minimum absolute atomic E-state index is 0.0803. The van der Waals surface area contributed by atoms with E-state index in [1.54, 1.807) is 4.90 Å². The molecule has 0 aromatic rings. The van der Waals surface area contributed by atoms with Gasteiger partial charge in [-0.15, -0.1) is 0 Å². The Hall–Kier alpha value is -1.79. The van der Waals surface area contributed by atoms with E-state index in [-0.39, 0.29) is 29.9 Å². The van der Waals surface area contributed by atoms with Crippen molar-refractivity contribution in [2.45, 2.75) is 57.4 Å². The van der Waals surface area contributed by atoms with Crippen molar-refractivity contribution in [3.05, 3.63) is 0 Å². The number of carbonyl (C=O) groups is 3. The minimum Gasteiger partial charge on any atom is -0.448 e. The Kier molecular flexibility index (Phi) is 6.15. The third-order valence-electron chi connectivity index (χ3n) is 5.61. The third-order valence-corrected chi connectivity index (χ3v) is 5.61. The van der Waals surface area contributed by atoms with Gasteiger partial charge in [0.05, 0.1) is 6.54 Å². The molecule has 2 saturated heterocycles. The lowest BCUT2D eigenvalue weighted by atomic mass is 9.88. The number of nitrogens with one attached hydrogen (secondary N) is 1. The molecular weight excluding hydrogens is 322 g/mol. The Morgan fingerprint density at radius 1 is 1.04 bits per heavy atom. The van der Waals surface area contributed by atoms with Crippen LogP contribution in [-0.2, 0) is 14.3 Å². The number of cyclic esters (lactones) is 1. The summed E-state index contributed by atoms with van der Waals surface area (Å²) in [5.74, 6) is 0.474. The van der Waals surface area contributed by atoms with Crippen LogP contribution in [0.25, 0.3) is 0 Å². The molecule has 3 aliphatic rings. The molecule has 0 atom stereocenters. The van der Waals surface area contributed by atoms with E-state index in [9.17, 15) is 14.4 Å². The molecule has 0 aromatic heterocycles. The monoisotopic (exact) mass is 351 g/mol. The zero-order valence-corrected chi connectivity index (χ0v) is 14.9. The number of likely N-dealkylation sites (tertiary alicyclic amines) is 1. The summed E-state index contributed by atoms with van der Waals surface area (Å²) in [5, 5.41) is 3.18. The summed E-state index contributed by atoms with van der Waals surface area (Å²) in [5.41, 5.74) is 0. The summed E-state index contributed by atoms with van der Waals surface area (Å²) in [7, 11) is 0. The van der Waals surface area contributed by atoms with E-state index in [0.717, 1.165) is 38.5 Å². The first-order valence-corrected chi connectivity index (χ1v) is 9.63. The van der Waals surface area contributed by atoms with Crippen molar-refractivity contribution in [1.82, 2.24) is 15.1 Å². The van der Waals surface area contributed by atoms with Crippen LogP contribution in [0.4, 0.5) is 4.79 Å². The number of hydrogen-bond acceptors (Lipinski definition) is 4. The Morgan fingerprint density at radius 2 is 1.76 bits per heavy atom. The molecule has 0 aromatic carbocycles. The lowest BCUT2D eigenvalue weighted by Crippen LogP contribution is -2.48. The molecule has 2 heterocycles. The number of carbonyl (C=O) groups excluding carboxylic acids is 3. The smallest absolute Gasteiger partial charge is 0.409 e. The molecule has 25 heavy (non-hydrogen) atoms. The summed E-state index contributed by atoms with van der Waals surface area (Å²) >= 11 is 0. The van der Waals surface area contributed by atoms with Gasteiger partial charge in [0, 0.05) is 38.0 Å². The first kappa shape index (κ1) is 18.0. The van der Waals surface area contributed by atoms with Gasteiger partial charge in [0.2, 0.25) is 11.8 Å². The fourth-order valence-corrected chi connectivity index (χ4v) is 3.97. The van der Waals surface area contributed by atoms with Crippen LogP contribution in [0.3, 0.4) is 0 Å². The van der Waals surface area contributed by atoms with Gasteiger partial charge in [0.1, 0.15) is 6.61 Å². The van der Waals surface area contributed by atoms with Crippen molar-refractivity contribution in [2.75, 3.05) is 32.8 Å². The van der Waals surface area contributed by atoms with E-state index in [1.807, 2.05) is 4.90 Å². The van der Waals surface area contributed by atoms with Crippen molar-refractivity contribution in [2.24, 2.45) is 5.92 Å². The predicted molar refractivity (Wildman–Crippen MR) is 91.9 cm³/mol. The standard InChI is InChI=1S/C18H29N3O4/c22-16(8-11-21-12-13-25-18(21)24)20-9-6-15(7-10-20)19-17(23)14-4-2-1-3-5-14/h14-15H,1-13H2,(H,19,23). The van der Waals surface area contributed by atoms with Crippen molar-refractivity contribution in [1.29, 1.82) is 0 Å². The maximum absolute atomic E-state index is 12.3. The van der Waals surface area contributed by atoms with Crippen LogP contribution in [0.2, 0.25) is 0 Å². The lowest BCUT2D eigenvalue weighted by molar-refractivity contribution is -0.132. The molecular formula is C18H29N3O4. The van der Waals surface area contributed by atoms with E-state index in [0.29, 0.717) is 39.2 Å². The zero-order chi connectivity index (χ0) is 17.6. The third kappa shape index (κ3) is 4.86. The minimum atomic E-state index is -0.322. The maximum Gasteiger partial charge on any atom is 0.409 e. The summed E-state index contributed by atoms with van der Waals surface area (Å²) in [6.45, 7) is 2.77. The summed E-state index contributed by atoms with van der Waals surface area (Å²) < 4.78 is 4.87. The average molecular weight is 351 g/mol. The first-order chi connectivity index (χ1) is 12.1. The van der Waals surface area contributed by atoms with Crippen LogP contribution >= 0.6 is 0 Å². The second-order valence-electron chi connectivity index (χ2n) is 7.35. The molecule has 7 heteroatoms. The van der Waals surface area contributed by atoms with Gasteiger partial charge >= 0.3 is 6.09 Å². The van der Waals surface area contributed by atoms with E-state index >= 15 is 0 Å². The summed E-state index contributed by atoms with van der Waals surface area (Å²) in [4.78, 5) is 39.4.